The van der Waals surface area contributed by atoms with Crippen LogP contribution in [-0.2, 0) is 10.5 Å². The Bertz CT molecular complexity index is 494. The summed E-state index contributed by atoms with van der Waals surface area (Å²) in [4.78, 5) is 20.9. The summed E-state index contributed by atoms with van der Waals surface area (Å²) < 4.78 is 0. The van der Waals surface area contributed by atoms with Gasteiger partial charge in [-0.2, -0.15) is 4.99 Å². The molecule has 0 saturated heterocycles. The summed E-state index contributed by atoms with van der Waals surface area (Å²) in [6.45, 7) is 3.98. The molecule has 1 aromatic heterocycles. The highest BCUT2D eigenvalue weighted by Gasteiger charge is 2.13. The molecule has 19 heavy (non-hydrogen) atoms. The molecule has 1 heterocycles. The lowest BCUT2D eigenvalue weighted by Crippen LogP contribution is -2.27. The quantitative estimate of drug-likeness (QED) is 0.564. The van der Waals surface area contributed by atoms with E-state index in [1.165, 1.54) is 30.0 Å². The average Bonchev–Trinajstić information content (AvgIpc) is 2.74. The van der Waals surface area contributed by atoms with Crippen LogP contribution >= 0.6 is 23.1 Å². The first-order valence-electron chi connectivity index (χ1n) is 5.47. The molecule has 0 atom stereocenters. The maximum atomic E-state index is 11.4. The predicted octanol–water partition coefficient (Wildman–Crippen LogP) is 0.957. The van der Waals surface area contributed by atoms with Crippen LogP contribution in [0.3, 0.4) is 0 Å². The fraction of sp³-hybridized carbons (Fsp3) is 0.400. The Morgan fingerprint density at radius 2 is 2.32 bits per heavy atom. The SMILES string of the molecule is CCN(C(C)=O)c1nc(CSC(=N)N=C(N)N)cs1. The highest BCUT2D eigenvalue weighted by atomic mass is 32.2. The molecule has 1 aromatic rings. The summed E-state index contributed by atoms with van der Waals surface area (Å²) in [5.74, 6) is 0.316. The third-order valence-electron chi connectivity index (χ3n) is 2.05. The molecule has 0 spiro atoms. The van der Waals surface area contributed by atoms with Crippen LogP contribution in [0, 0.1) is 5.41 Å². The van der Waals surface area contributed by atoms with Gasteiger partial charge < -0.3 is 11.5 Å². The van der Waals surface area contributed by atoms with Gasteiger partial charge in [-0.05, 0) is 6.92 Å². The topological polar surface area (TPSA) is 121 Å². The first-order valence-corrected chi connectivity index (χ1v) is 7.34. The lowest BCUT2D eigenvalue weighted by atomic mass is 10.5. The van der Waals surface area contributed by atoms with Gasteiger partial charge in [0.1, 0.15) is 0 Å². The van der Waals surface area contributed by atoms with Gasteiger partial charge in [0, 0.05) is 24.6 Å². The number of anilines is 1. The van der Waals surface area contributed by atoms with E-state index in [1.54, 1.807) is 4.90 Å². The van der Waals surface area contributed by atoms with E-state index in [0.717, 1.165) is 5.69 Å². The van der Waals surface area contributed by atoms with Crippen LogP contribution in [0.4, 0.5) is 5.13 Å². The van der Waals surface area contributed by atoms with Crippen molar-refractivity contribution < 1.29 is 4.79 Å². The van der Waals surface area contributed by atoms with Crippen molar-refractivity contribution in [1.82, 2.24) is 4.98 Å². The second kappa shape index (κ2) is 7.10. The Hall–Kier alpha value is -1.61. The number of nitrogens with one attached hydrogen (secondary N) is 1. The molecule has 0 unspecified atom stereocenters. The van der Waals surface area contributed by atoms with Crippen molar-refractivity contribution in [3.05, 3.63) is 11.1 Å². The van der Waals surface area contributed by atoms with E-state index < -0.39 is 0 Å². The Balaban J connectivity index is 2.63. The molecular weight excluding hydrogens is 284 g/mol. The molecule has 9 heteroatoms. The standard InChI is InChI=1S/C10H16N6OS2/c1-3-16(6(2)17)10-14-7(5-19-10)4-18-9(13)15-8(11)12/h5H,3-4H2,1-2H3,(H5,11,12,13,15). The van der Waals surface area contributed by atoms with Gasteiger partial charge in [-0.3, -0.25) is 15.1 Å². The van der Waals surface area contributed by atoms with Gasteiger partial charge in [-0.25, -0.2) is 4.98 Å². The van der Waals surface area contributed by atoms with E-state index in [9.17, 15) is 4.79 Å². The molecule has 104 valence electrons. The van der Waals surface area contributed by atoms with Gasteiger partial charge >= 0.3 is 0 Å². The third-order valence-corrected chi connectivity index (χ3v) is 3.77. The fourth-order valence-corrected chi connectivity index (χ4v) is 2.91. The molecule has 0 aromatic carbocycles. The van der Waals surface area contributed by atoms with Crippen LogP contribution in [0.15, 0.2) is 10.4 Å². The number of nitrogens with two attached hydrogens (primary N) is 2. The largest absolute Gasteiger partial charge is 0.370 e. The monoisotopic (exact) mass is 300 g/mol. The normalized spacial score (nSPS) is 10.0. The molecule has 0 bridgehead atoms. The smallest absolute Gasteiger partial charge is 0.225 e. The van der Waals surface area contributed by atoms with Crippen molar-refractivity contribution in [2.24, 2.45) is 16.5 Å². The van der Waals surface area contributed by atoms with E-state index in [4.69, 9.17) is 16.9 Å². The molecule has 0 aliphatic heterocycles. The van der Waals surface area contributed by atoms with Gasteiger partial charge in [0.25, 0.3) is 0 Å². The predicted molar refractivity (Wildman–Crippen MR) is 80.6 cm³/mol. The van der Waals surface area contributed by atoms with Gasteiger partial charge in [0.2, 0.25) is 5.91 Å². The number of guanidine groups is 1. The Kier molecular flexibility index (Phi) is 5.77. The maximum absolute atomic E-state index is 11.4. The van der Waals surface area contributed by atoms with Crippen LogP contribution in [0.1, 0.15) is 19.5 Å². The Morgan fingerprint density at radius 1 is 1.63 bits per heavy atom. The number of aromatic nitrogens is 1. The zero-order valence-corrected chi connectivity index (χ0v) is 12.3. The van der Waals surface area contributed by atoms with Crippen LogP contribution in [0.5, 0.6) is 0 Å². The minimum Gasteiger partial charge on any atom is -0.370 e. The van der Waals surface area contributed by atoms with E-state index in [-0.39, 0.29) is 17.0 Å². The van der Waals surface area contributed by atoms with Crippen molar-refractivity contribution >= 4 is 45.3 Å². The lowest BCUT2D eigenvalue weighted by molar-refractivity contribution is -0.116. The summed E-state index contributed by atoms with van der Waals surface area (Å²) in [5.41, 5.74) is 11.1. The van der Waals surface area contributed by atoms with Crippen LogP contribution in [0.25, 0.3) is 0 Å². The summed E-state index contributed by atoms with van der Waals surface area (Å²) in [5, 5.41) is 10.0. The number of nitrogens with zero attached hydrogens (tertiary/aromatic N) is 3. The molecule has 0 aliphatic rings. The Labute approximate surface area is 119 Å². The molecule has 1 rings (SSSR count). The number of rotatable bonds is 4. The highest BCUT2D eigenvalue weighted by molar-refractivity contribution is 8.13. The molecule has 0 saturated carbocycles. The minimum atomic E-state index is -0.134. The number of thiazole rings is 1. The van der Waals surface area contributed by atoms with Crippen molar-refractivity contribution in [1.29, 1.82) is 5.41 Å². The first kappa shape index (κ1) is 15.4. The van der Waals surface area contributed by atoms with Gasteiger partial charge in [-0.1, -0.05) is 11.8 Å². The zero-order chi connectivity index (χ0) is 14.4. The van der Waals surface area contributed by atoms with E-state index in [1.807, 2.05) is 12.3 Å². The summed E-state index contributed by atoms with van der Waals surface area (Å²) in [7, 11) is 0. The van der Waals surface area contributed by atoms with Gasteiger partial charge in [0.05, 0.1) is 5.69 Å². The third kappa shape index (κ3) is 4.87. The average molecular weight is 300 g/mol. The Morgan fingerprint density at radius 3 is 2.84 bits per heavy atom. The van der Waals surface area contributed by atoms with Crippen molar-refractivity contribution in [3.8, 4) is 0 Å². The van der Waals surface area contributed by atoms with Crippen molar-refractivity contribution in [2.45, 2.75) is 19.6 Å². The second-order valence-electron chi connectivity index (χ2n) is 3.52. The summed E-state index contributed by atoms with van der Waals surface area (Å²) in [6, 6.07) is 0. The van der Waals surface area contributed by atoms with Gasteiger partial charge in [-0.15, -0.1) is 11.3 Å². The number of amides is 1. The molecule has 0 radical (unpaired) electrons. The number of thioether (sulfide) groups is 1. The van der Waals surface area contributed by atoms with E-state index >= 15 is 0 Å². The molecule has 0 fully saturated rings. The number of carbonyl (C=O) groups is 1. The number of hydrogen-bond donors (Lipinski definition) is 3. The zero-order valence-electron chi connectivity index (χ0n) is 10.7. The second-order valence-corrected chi connectivity index (χ2v) is 5.32. The lowest BCUT2D eigenvalue weighted by Gasteiger charge is -2.14. The molecular formula is C10H16N6OS2. The molecule has 7 nitrogen and oxygen atoms in total. The van der Waals surface area contributed by atoms with Crippen LogP contribution in [0.2, 0.25) is 0 Å². The number of hydrogen-bond acceptors (Lipinski definition) is 5. The number of amidine groups is 1. The minimum absolute atomic E-state index is 0.0356. The van der Waals surface area contributed by atoms with Crippen LogP contribution < -0.4 is 16.4 Å². The fourth-order valence-electron chi connectivity index (χ4n) is 1.27. The maximum Gasteiger partial charge on any atom is 0.225 e. The van der Waals surface area contributed by atoms with E-state index in [0.29, 0.717) is 17.4 Å². The first-order chi connectivity index (χ1) is 8.93. The van der Waals surface area contributed by atoms with Crippen LogP contribution in [-0.4, -0.2) is 28.6 Å². The molecule has 5 N–H and O–H groups in total. The van der Waals surface area contributed by atoms with E-state index in [2.05, 4.69) is 9.98 Å². The van der Waals surface area contributed by atoms with Gasteiger partial charge in [0.15, 0.2) is 16.3 Å². The summed E-state index contributed by atoms with van der Waals surface area (Å²) >= 11 is 2.58. The molecule has 0 aliphatic carbocycles. The summed E-state index contributed by atoms with van der Waals surface area (Å²) in [6.07, 6.45) is 0. The van der Waals surface area contributed by atoms with Crippen molar-refractivity contribution in [3.63, 3.8) is 0 Å². The highest BCUT2D eigenvalue weighted by Crippen LogP contribution is 2.23. The van der Waals surface area contributed by atoms with Crippen molar-refractivity contribution in [2.75, 3.05) is 11.4 Å². The number of aliphatic imine (C=N–C) groups is 1. The number of carbonyl (C=O) groups excluding carboxylic acids is 1. The molecule has 1 amide bonds.